The van der Waals surface area contributed by atoms with Gasteiger partial charge in [-0.3, -0.25) is 0 Å². The van der Waals surface area contributed by atoms with Crippen molar-refractivity contribution in [2.75, 3.05) is 32.6 Å². The molecule has 0 amide bonds. The van der Waals surface area contributed by atoms with Crippen LogP contribution in [0.25, 0.3) is 0 Å². The quantitative estimate of drug-likeness (QED) is 0.733. The summed E-state index contributed by atoms with van der Waals surface area (Å²) >= 11 is 1.81. The van der Waals surface area contributed by atoms with Crippen molar-refractivity contribution < 1.29 is 21.5 Å². The zero-order valence-electron chi connectivity index (χ0n) is 13.5. The van der Waals surface area contributed by atoms with Crippen molar-refractivity contribution in [2.24, 2.45) is 0 Å². The highest BCUT2D eigenvalue weighted by atomic mass is 79.9. The Morgan fingerprint density at radius 3 is 2.50 bits per heavy atom. The zero-order valence-corrected chi connectivity index (χ0v) is 15.9. The van der Waals surface area contributed by atoms with E-state index in [0.29, 0.717) is 6.04 Å². The third-order valence-corrected chi connectivity index (χ3v) is 4.68. The Morgan fingerprint density at radius 2 is 1.77 bits per heavy atom. The van der Waals surface area contributed by atoms with Crippen LogP contribution in [0.3, 0.4) is 0 Å². The fourth-order valence-corrected chi connectivity index (χ4v) is 3.98. The highest BCUT2D eigenvalue weighted by molar-refractivity contribution is 7.99. The molecule has 1 aliphatic heterocycles. The van der Waals surface area contributed by atoms with Crippen molar-refractivity contribution in [2.45, 2.75) is 22.8 Å². The zero-order chi connectivity index (χ0) is 15.0. The molecule has 0 aliphatic carbocycles. The van der Waals surface area contributed by atoms with Crippen LogP contribution >= 0.6 is 11.8 Å². The number of aromatic nitrogens is 1. The van der Waals surface area contributed by atoms with Crippen molar-refractivity contribution in [1.29, 1.82) is 0 Å². The smallest absolute Gasteiger partial charge is 0.147 e. The molecule has 3 nitrogen and oxygen atoms in total. The van der Waals surface area contributed by atoms with Gasteiger partial charge in [0.25, 0.3) is 0 Å². The van der Waals surface area contributed by atoms with Crippen molar-refractivity contribution in [3.8, 4) is 0 Å². The van der Waals surface area contributed by atoms with Crippen LogP contribution in [0.15, 0.2) is 52.4 Å². The average molecular weight is 380 g/mol. The SMILES string of the molecule is CC(C[N+](C)(C)C)N1c2ccccc2Sc2cccnc21.[Br-]. The van der Waals surface area contributed by atoms with Gasteiger partial charge in [0.15, 0.2) is 0 Å². The minimum atomic E-state index is 0. The molecule has 118 valence electrons. The van der Waals surface area contributed by atoms with E-state index >= 15 is 0 Å². The molecule has 2 heterocycles. The van der Waals surface area contributed by atoms with Crippen molar-refractivity contribution in [3.05, 3.63) is 42.6 Å². The summed E-state index contributed by atoms with van der Waals surface area (Å²) in [7, 11) is 6.71. The highest BCUT2D eigenvalue weighted by Gasteiger charge is 2.30. The first-order chi connectivity index (χ1) is 9.96. The van der Waals surface area contributed by atoms with Gasteiger partial charge in [0.2, 0.25) is 0 Å². The normalized spacial score (nSPS) is 14.6. The van der Waals surface area contributed by atoms with Gasteiger partial charge in [0.05, 0.1) is 44.3 Å². The van der Waals surface area contributed by atoms with E-state index in [9.17, 15) is 0 Å². The number of rotatable bonds is 3. The van der Waals surface area contributed by atoms with Crippen molar-refractivity contribution >= 4 is 23.3 Å². The highest BCUT2D eigenvalue weighted by Crippen LogP contribution is 2.47. The number of nitrogens with zero attached hydrogens (tertiary/aromatic N) is 3. The van der Waals surface area contributed by atoms with Gasteiger partial charge in [0.1, 0.15) is 5.82 Å². The van der Waals surface area contributed by atoms with E-state index in [1.807, 2.05) is 24.0 Å². The van der Waals surface area contributed by atoms with E-state index < -0.39 is 0 Å². The van der Waals surface area contributed by atoms with Crippen LogP contribution in [-0.4, -0.2) is 43.2 Å². The second-order valence-corrected chi connectivity index (χ2v) is 7.67. The predicted octanol–water partition coefficient (Wildman–Crippen LogP) is 0.783. The monoisotopic (exact) mass is 379 g/mol. The summed E-state index contributed by atoms with van der Waals surface area (Å²) in [5.74, 6) is 1.09. The van der Waals surface area contributed by atoms with Gasteiger partial charge in [-0.1, -0.05) is 23.9 Å². The van der Waals surface area contributed by atoms with Crippen LogP contribution in [-0.2, 0) is 0 Å². The minimum Gasteiger partial charge on any atom is -1.00 e. The predicted molar refractivity (Wildman–Crippen MR) is 89.3 cm³/mol. The van der Waals surface area contributed by atoms with Crippen LogP contribution in [0, 0.1) is 0 Å². The Hall–Kier alpha value is -1.04. The number of para-hydroxylation sites is 1. The second kappa shape index (κ2) is 6.60. The third kappa shape index (κ3) is 3.47. The number of hydrogen-bond donors (Lipinski definition) is 0. The lowest BCUT2D eigenvalue weighted by molar-refractivity contribution is -0.870. The van der Waals surface area contributed by atoms with Crippen LogP contribution in [0.5, 0.6) is 0 Å². The molecule has 2 aromatic rings. The lowest BCUT2D eigenvalue weighted by Gasteiger charge is -2.38. The minimum absolute atomic E-state index is 0. The molecule has 1 unspecified atom stereocenters. The largest absolute Gasteiger partial charge is 1.00 e. The van der Waals surface area contributed by atoms with Crippen LogP contribution in [0.4, 0.5) is 11.5 Å². The molecule has 5 heteroatoms. The Kier molecular flexibility index (Phi) is 5.20. The first-order valence-corrected chi connectivity index (χ1v) is 8.09. The topological polar surface area (TPSA) is 16.1 Å². The molecule has 0 bridgehead atoms. The Balaban J connectivity index is 0.00000176. The number of pyridine rings is 1. The molecule has 1 aromatic heterocycles. The van der Waals surface area contributed by atoms with Crippen LogP contribution in [0.2, 0.25) is 0 Å². The molecule has 22 heavy (non-hydrogen) atoms. The van der Waals surface area contributed by atoms with Gasteiger partial charge >= 0.3 is 0 Å². The van der Waals surface area contributed by atoms with Gasteiger partial charge in [-0.15, -0.1) is 0 Å². The van der Waals surface area contributed by atoms with E-state index in [4.69, 9.17) is 0 Å². The number of halogens is 1. The number of likely N-dealkylation sites (N-methyl/N-ethyl adjacent to an activating group) is 1. The number of quaternary nitrogens is 1. The lowest BCUT2D eigenvalue weighted by atomic mass is 10.2. The summed E-state index contributed by atoms with van der Waals surface area (Å²) in [6, 6.07) is 13.2. The summed E-state index contributed by atoms with van der Waals surface area (Å²) in [5, 5.41) is 0. The third-order valence-electron chi connectivity index (χ3n) is 3.58. The molecule has 0 saturated carbocycles. The Bertz CT molecular complexity index is 609. The van der Waals surface area contributed by atoms with E-state index in [2.05, 4.69) is 68.3 Å². The number of fused-ring (bicyclic) bond motifs is 2. The molecule has 1 aromatic carbocycles. The van der Waals surface area contributed by atoms with E-state index in [1.54, 1.807) is 0 Å². The van der Waals surface area contributed by atoms with E-state index in [1.165, 1.54) is 15.5 Å². The molecule has 0 spiro atoms. The van der Waals surface area contributed by atoms with Gasteiger partial charge in [-0.2, -0.15) is 0 Å². The second-order valence-electron chi connectivity index (χ2n) is 6.59. The fourth-order valence-electron chi connectivity index (χ4n) is 2.94. The van der Waals surface area contributed by atoms with Gasteiger partial charge in [-0.25, -0.2) is 4.98 Å². The lowest BCUT2D eigenvalue weighted by Crippen LogP contribution is -3.00. The molecular formula is C17H22BrN3S. The first-order valence-electron chi connectivity index (χ1n) is 7.27. The summed E-state index contributed by atoms with van der Waals surface area (Å²) in [4.78, 5) is 9.59. The molecule has 0 fully saturated rings. The van der Waals surface area contributed by atoms with Gasteiger partial charge in [-0.05, 0) is 31.2 Å². The maximum atomic E-state index is 4.65. The fraction of sp³-hybridized carbons (Fsp3) is 0.353. The first kappa shape index (κ1) is 17.3. The maximum Gasteiger partial charge on any atom is 0.147 e. The standard InChI is InChI=1S/C17H22N3S.BrH/c1-13(12-20(2,3)4)19-14-8-5-6-9-15(14)21-16-10-7-11-18-17(16)19;/h5-11,13H,12H2,1-4H3;1H/q+1;/p-1. The molecule has 1 aliphatic rings. The van der Waals surface area contributed by atoms with Crippen LogP contribution in [0.1, 0.15) is 6.92 Å². The maximum absolute atomic E-state index is 4.65. The van der Waals surface area contributed by atoms with E-state index in [-0.39, 0.29) is 17.0 Å². The summed E-state index contributed by atoms with van der Waals surface area (Å²) in [6.07, 6.45) is 1.89. The number of benzene rings is 1. The summed E-state index contributed by atoms with van der Waals surface area (Å²) < 4.78 is 0.940. The summed E-state index contributed by atoms with van der Waals surface area (Å²) in [6.45, 7) is 3.35. The molecular weight excluding hydrogens is 358 g/mol. The van der Waals surface area contributed by atoms with Crippen LogP contribution < -0.4 is 21.9 Å². The Labute approximate surface area is 147 Å². The molecule has 0 saturated heterocycles. The molecule has 3 rings (SSSR count). The molecule has 0 radical (unpaired) electrons. The molecule has 1 atom stereocenters. The van der Waals surface area contributed by atoms with Crippen molar-refractivity contribution in [3.63, 3.8) is 0 Å². The number of anilines is 2. The van der Waals surface area contributed by atoms with Crippen molar-refractivity contribution in [1.82, 2.24) is 4.98 Å². The number of hydrogen-bond acceptors (Lipinski definition) is 3. The molecule has 0 N–H and O–H groups in total. The van der Waals surface area contributed by atoms with Gasteiger partial charge < -0.3 is 26.4 Å². The summed E-state index contributed by atoms with van der Waals surface area (Å²) in [5.41, 5.74) is 1.27. The van der Waals surface area contributed by atoms with E-state index in [0.717, 1.165) is 16.8 Å². The van der Waals surface area contributed by atoms with Gasteiger partial charge in [0, 0.05) is 11.1 Å². The Morgan fingerprint density at radius 1 is 1.09 bits per heavy atom. The average Bonchev–Trinajstić information content (AvgIpc) is 2.42.